The summed E-state index contributed by atoms with van der Waals surface area (Å²) in [5, 5.41) is 0.991. The number of hydrogen-bond donors (Lipinski definition) is 0. The van der Waals surface area contributed by atoms with Crippen LogP contribution in [0, 0.1) is 27.6 Å². The molecule has 0 atom stereocenters. The second kappa shape index (κ2) is 5.93. The highest BCUT2D eigenvalue weighted by Crippen LogP contribution is 2.31. The Balaban J connectivity index is 1.87. The van der Waals surface area contributed by atoms with Gasteiger partial charge in [-0.05, 0) is 78.6 Å². The molecule has 1 aromatic heterocycles. The van der Waals surface area contributed by atoms with Gasteiger partial charge in [-0.2, -0.15) is 0 Å². The lowest BCUT2D eigenvalue weighted by atomic mass is 9.94. The minimum absolute atomic E-state index is 0.182. The average Bonchev–Trinajstić information content (AvgIpc) is 3.05. The van der Waals surface area contributed by atoms with Crippen molar-refractivity contribution in [3.63, 3.8) is 0 Å². The smallest absolute Gasteiger partial charge is 0.134 e. The van der Waals surface area contributed by atoms with Gasteiger partial charge in [0.1, 0.15) is 11.3 Å². The summed E-state index contributed by atoms with van der Waals surface area (Å²) in [4.78, 5) is 0. The zero-order chi connectivity index (χ0) is 22.6. The number of fused-ring (bicyclic) bond motifs is 1. The molecule has 0 aliphatic heterocycles. The molecule has 3 aromatic carbocycles. The van der Waals surface area contributed by atoms with Gasteiger partial charge in [0, 0.05) is 13.6 Å². The average molecular weight is 332 g/mol. The Morgan fingerprint density at radius 1 is 0.680 bits per heavy atom. The molecule has 0 N–H and O–H groups in total. The molecule has 0 radical (unpaired) electrons. The van der Waals surface area contributed by atoms with Crippen molar-refractivity contribution in [3.05, 3.63) is 83.1 Å². The second-order valence-corrected chi connectivity index (χ2v) is 6.40. The Bertz CT molecular complexity index is 1280. The summed E-state index contributed by atoms with van der Waals surface area (Å²) in [5.41, 5.74) is 4.49. The van der Waals surface area contributed by atoms with Gasteiger partial charge in [-0.3, -0.25) is 0 Å². The predicted molar refractivity (Wildman–Crippen MR) is 106 cm³/mol. The molecule has 4 rings (SSSR count). The van der Waals surface area contributed by atoms with E-state index in [4.69, 9.17) is 12.6 Å². The maximum atomic E-state index is 8.08. The van der Waals surface area contributed by atoms with E-state index < -0.39 is 13.7 Å². The minimum Gasteiger partial charge on any atom is -0.461 e. The van der Waals surface area contributed by atoms with Crippen LogP contribution >= 0.6 is 0 Å². The maximum Gasteiger partial charge on any atom is 0.134 e. The Morgan fingerprint density at radius 2 is 1.40 bits per heavy atom. The van der Waals surface area contributed by atoms with E-state index in [0.717, 1.165) is 27.9 Å². The van der Waals surface area contributed by atoms with E-state index in [1.165, 1.54) is 0 Å². The zero-order valence-electron chi connectivity index (χ0n) is 20.2. The van der Waals surface area contributed by atoms with Crippen LogP contribution in [-0.2, 0) is 0 Å². The van der Waals surface area contributed by atoms with Crippen LogP contribution in [0.4, 0.5) is 0 Å². The SMILES string of the molecule is [2H]C([2H])([2H])c1cc(-c2ccc(-c3ccc4cc(C)oc4c3)cc2C([2H])([2H])[2H])ccc1C. The van der Waals surface area contributed by atoms with E-state index >= 15 is 0 Å². The van der Waals surface area contributed by atoms with Gasteiger partial charge in [0.2, 0.25) is 0 Å². The summed E-state index contributed by atoms with van der Waals surface area (Å²) in [6.45, 7) is -0.999. The lowest BCUT2D eigenvalue weighted by molar-refractivity contribution is 0.578. The van der Waals surface area contributed by atoms with E-state index in [1.807, 2.05) is 37.3 Å². The molecule has 0 aliphatic carbocycles. The molecule has 0 aliphatic rings. The van der Waals surface area contributed by atoms with Crippen molar-refractivity contribution in [2.24, 2.45) is 0 Å². The van der Waals surface area contributed by atoms with Crippen LogP contribution in [0.1, 0.15) is 30.7 Å². The molecule has 0 bridgehead atoms. The molecule has 1 nitrogen and oxygen atoms in total. The third kappa shape index (κ3) is 2.87. The summed E-state index contributed by atoms with van der Waals surface area (Å²) >= 11 is 0. The molecule has 4 aromatic rings. The molecule has 25 heavy (non-hydrogen) atoms. The van der Waals surface area contributed by atoms with Crippen molar-refractivity contribution in [3.8, 4) is 22.3 Å². The van der Waals surface area contributed by atoms with Crippen molar-refractivity contribution in [2.75, 3.05) is 0 Å². The number of furan rings is 1. The van der Waals surface area contributed by atoms with E-state index in [0.29, 0.717) is 16.7 Å². The third-order valence-electron chi connectivity index (χ3n) is 4.54. The maximum absolute atomic E-state index is 8.08. The first-order valence-corrected chi connectivity index (χ1v) is 8.20. The summed E-state index contributed by atoms with van der Waals surface area (Å²) in [7, 11) is 0. The first-order chi connectivity index (χ1) is 14.4. The van der Waals surface area contributed by atoms with E-state index in [2.05, 4.69) is 0 Å². The van der Waals surface area contributed by atoms with Crippen LogP contribution in [0.3, 0.4) is 0 Å². The molecule has 0 fully saturated rings. The fraction of sp³-hybridized carbons (Fsp3) is 0.167. The van der Waals surface area contributed by atoms with Crippen molar-refractivity contribution in [1.29, 1.82) is 0 Å². The molecular weight excluding hydrogens is 304 g/mol. The molecular formula is C24H22O. The Labute approximate surface area is 157 Å². The first-order valence-electron chi connectivity index (χ1n) is 11.2. The van der Waals surface area contributed by atoms with Crippen LogP contribution in [0.2, 0.25) is 0 Å². The van der Waals surface area contributed by atoms with Gasteiger partial charge < -0.3 is 4.42 Å². The van der Waals surface area contributed by atoms with E-state index in [1.54, 1.807) is 37.3 Å². The van der Waals surface area contributed by atoms with Gasteiger partial charge in [-0.25, -0.2) is 0 Å². The fourth-order valence-corrected chi connectivity index (χ4v) is 3.11. The lowest BCUT2D eigenvalue weighted by Gasteiger charge is -2.11. The topological polar surface area (TPSA) is 13.1 Å². The highest BCUT2D eigenvalue weighted by atomic mass is 16.3. The monoisotopic (exact) mass is 332 g/mol. The van der Waals surface area contributed by atoms with Gasteiger partial charge in [0.15, 0.2) is 0 Å². The van der Waals surface area contributed by atoms with Crippen molar-refractivity contribution in [2.45, 2.75) is 27.6 Å². The van der Waals surface area contributed by atoms with Crippen molar-refractivity contribution >= 4 is 11.0 Å². The molecule has 0 unspecified atom stereocenters. The molecule has 1 heterocycles. The van der Waals surface area contributed by atoms with Crippen LogP contribution in [-0.4, -0.2) is 0 Å². The molecule has 1 heteroatoms. The summed E-state index contributed by atoms with van der Waals surface area (Å²) in [6.07, 6.45) is 0. The number of aryl methyl sites for hydroxylation is 4. The van der Waals surface area contributed by atoms with Gasteiger partial charge in [-0.15, -0.1) is 0 Å². The first kappa shape index (κ1) is 10.2. The quantitative estimate of drug-likeness (QED) is 0.385. The number of hydrogen-bond acceptors (Lipinski definition) is 1. The number of benzene rings is 3. The summed E-state index contributed by atoms with van der Waals surface area (Å²) in [5.74, 6) is 0.815. The van der Waals surface area contributed by atoms with Crippen LogP contribution in [0.5, 0.6) is 0 Å². The van der Waals surface area contributed by atoms with Gasteiger partial charge in [0.05, 0.1) is 0 Å². The molecule has 0 amide bonds. The van der Waals surface area contributed by atoms with Crippen LogP contribution < -0.4 is 0 Å². The second-order valence-electron chi connectivity index (χ2n) is 6.40. The van der Waals surface area contributed by atoms with Crippen LogP contribution in [0.15, 0.2) is 65.1 Å². The van der Waals surface area contributed by atoms with E-state index in [-0.39, 0.29) is 11.1 Å². The molecule has 0 spiro atoms. The standard InChI is InChI=1S/C24H22O/c1-15-5-6-21(11-16(15)2)23-10-9-19(12-17(23)3)20-7-8-22-13-18(4)25-24(22)14-20/h5-14H,1-4H3/i2D3,3D3. The predicted octanol–water partition coefficient (Wildman–Crippen LogP) is 7.00. The minimum atomic E-state index is -2.36. The number of rotatable bonds is 2. The van der Waals surface area contributed by atoms with Crippen LogP contribution in [0.25, 0.3) is 33.2 Å². The fourth-order valence-electron chi connectivity index (χ4n) is 3.11. The highest BCUT2D eigenvalue weighted by molar-refractivity contribution is 5.84. The van der Waals surface area contributed by atoms with Gasteiger partial charge in [0.25, 0.3) is 0 Å². The molecule has 0 saturated heterocycles. The van der Waals surface area contributed by atoms with Crippen molar-refractivity contribution < 1.29 is 12.6 Å². The summed E-state index contributed by atoms with van der Waals surface area (Å²) in [6, 6.07) is 18.1. The Hall–Kier alpha value is -2.80. The lowest BCUT2D eigenvalue weighted by Crippen LogP contribution is -1.88. The summed E-state index contributed by atoms with van der Waals surface area (Å²) < 4.78 is 53.3. The Morgan fingerprint density at radius 3 is 2.24 bits per heavy atom. The largest absolute Gasteiger partial charge is 0.461 e. The Kier molecular flexibility index (Phi) is 2.43. The molecule has 124 valence electrons. The van der Waals surface area contributed by atoms with Gasteiger partial charge in [-0.1, -0.05) is 48.5 Å². The van der Waals surface area contributed by atoms with Crippen molar-refractivity contribution in [1.82, 2.24) is 0 Å². The third-order valence-corrected chi connectivity index (χ3v) is 4.54. The molecule has 0 saturated carbocycles. The zero-order valence-corrected chi connectivity index (χ0v) is 14.2. The van der Waals surface area contributed by atoms with E-state index in [9.17, 15) is 0 Å². The highest BCUT2D eigenvalue weighted by Gasteiger charge is 2.08. The van der Waals surface area contributed by atoms with Gasteiger partial charge >= 0.3 is 0 Å². The normalized spacial score (nSPS) is 15.8.